The summed E-state index contributed by atoms with van der Waals surface area (Å²) in [5.41, 5.74) is 0. The summed E-state index contributed by atoms with van der Waals surface area (Å²) in [5, 5.41) is 3.35. The van der Waals surface area contributed by atoms with Gasteiger partial charge in [0.2, 0.25) is 5.91 Å². The van der Waals surface area contributed by atoms with Gasteiger partial charge in [0.15, 0.2) is 0 Å². The largest absolute Gasteiger partial charge is 0.341 e. The molecule has 0 aliphatic carbocycles. The van der Waals surface area contributed by atoms with E-state index in [-0.39, 0.29) is 6.04 Å². The number of amides is 1. The fourth-order valence-electron chi connectivity index (χ4n) is 3.50. The molecule has 0 aromatic rings. The average molecular weight is 281 g/mol. The molecule has 20 heavy (non-hydrogen) atoms. The summed E-state index contributed by atoms with van der Waals surface area (Å²) in [4.78, 5) is 17.1. The van der Waals surface area contributed by atoms with Crippen molar-refractivity contribution < 1.29 is 4.79 Å². The van der Waals surface area contributed by atoms with Crippen molar-refractivity contribution in [2.45, 2.75) is 46.1 Å². The van der Waals surface area contributed by atoms with E-state index in [1.54, 1.807) is 0 Å². The van der Waals surface area contributed by atoms with Crippen LogP contribution in [0.3, 0.4) is 0 Å². The Bertz CT molecular complexity index is 313. The van der Waals surface area contributed by atoms with E-state index < -0.39 is 0 Å². The Kier molecular flexibility index (Phi) is 5.85. The highest BCUT2D eigenvalue weighted by Gasteiger charge is 2.29. The summed E-state index contributed by atoms with van der Waals surface area (Å²) < 4.78 is 0. The van der Waals surface area contributed by atoms with E-state index in [0.717, 1.165) is 51.1 Å². The van der Waals surface area contributed by atoms with Crippen molar-refractivity contribution in [3.63, 3.8) is 0 Å². The summed E-state index contributed by atoms with van der Waals surface area (Å²) >= 11 is 0. The molecule has 2 rings (SSSR count). The molecule has 2 fully saturated rings. The van der Waals surface area contributed by atoms with E-state index in [1.165, 1.54) is 19.3 Å². The minimum Gasteiger partial charge on any atom is -0.341 e. The Morgan fingerprint density at radius 1 is 1.05 bits per heavy atom. The fraction of sp³-hybridized carbons (Fsp3) is 0.938. The molecule has 0 aromatic heterocycles. The maximum atomic E-state index is 12.7. The summed E-state index contributed by atoms with van der Waals surface area (Å²) in [6.07, 6.45) is 3.63. The lowest BCUT2D eigenvalue weighted by Crippen LogP contribution is -2.53. The first-order valence-electron chi connectivity index (χ1n) is 8.33. The van der Waals surface area contributed by atoms with Gasteiger partial charge in [-0.25, -0.2) is 0 Å². The zero-order chi connectivity index (χ0) is 14.5. The number of carbonyl (C=O) groups excluding carboxylic acids is 1. The monoisotopic (exact) mass is 281 g/mol. The minimum absolute atomic E-state index is 0.0488. The molecule has 0 aromatic carbocycles. The van der Waals surface area contributed by atoms with Crippen LogP contribution in [0.1, 0.15) is 40.0 Å². The van der Waals surface area contributed by atoms with Gasteiger partial charge >= 0.3 is 0 Å². The smallest absolute Gasteiger partial charge is 0.239 e. The molecule has 2 aliphatic rings. The minimum atomic E-state index is 0.0488. The highest BCUT2D eigenvalue weighted by Crippen LogP contribution is 2.25. The Balaban J connectivity index is 1.88. The molecule has 0 radical (unpaired) electrons. The molecule has 2 atom stereocenters. The van der Waals surface area contributed by atoms with Crippen molar-refractivity contribution in [2.24, 2.45) is 11.8 Å². The van der Waals surface area contributed by atoms with Crippen LogP contribution in [0.5, 0.6) is 0 Å². The van der Waals surface area contributed by atoms with Crippen LogP contribution < -0.4 is 5.32 Å². The Morgan fingerprint density at radius 2 is 1.75 bits per heavy atom. The normalized spacial score (nSPS) is 27.4. The molecule has 2 heterocycles. The standard InChI is InChI=1S/C16H31N3O/c1-13(2)15-5-4-9-19(10-6-15)16(20)14(3)18-11-7-17-8-12-18/h13-15,17H,4-12H2,1-3H3. The number of carbonyl (C=O) groups is 1. The SMILES string of the molecule is CC(C)C1CCCN(C(=O)C(C)N2CCNCC2)CC1. The first-order valence-corrected chi connectivity index (χ1v) is 8.33. The summed E-state index contributed by atoms with van der Waals surface area (Å²) in [7, 11) is 0. The number of nitrogens with zero attached hydrogens (tertiary/aromatic N) is 2. The molecular formula is C16H31N3O. The molecule has 0 spiro atoms. The Hall–Kier alpha value is -0.610. The molecule has 1 N–H and O–H groups in total. The van der Waals surface area contributed by atoms with Gasteiger partial charge in [0, 0.05) is 39.3 Å². The summed E-state index contributed by atoms with van der Waals surface area (Å²) in [6.45, 7) is 12.6. The van der Waals surface area contributed by atoms with Gasteiger partial charge < -0.3 is 10.2 Å². The second-order valence-electron chi connectivity index (χ2n) is 6.72. The van der Waals surface area contributed by atoms with Crippen LogP contribution in [0.25, 0.3) is 0 Å². The molecule has 4 heteroatoms. The number of hydrogen-bond donors (Lipinski definition) is 1. The number of likely N-dealkylation sites (tertiary alicyclic amines) is 1. The quantitative estimate of drug-likeness (QED) is 0.853. The molecule has 2 unspecified atom stereocenters. The molecule has 116 valence electrons. The third-order valence-electron chi connectivity index (χ3n) is 5.08. The van der Waals surface area contributed by atoms with Crippen molar-refractivity contribution in [3.8, 4) is 0 Å². The number of piperazine rings is 1. The van der Waals surface area contributed by atoms with E-state index in [1.807, 2.05) is 0 Å². The fourth-order valence-corrected chi connectivity index (χ4v) is 3.50. The van der Waals surface area contributed by atoms with Crippen molar-refractivity contribution in [3.05, 3.63) is 0 Å². The van der Waals surface area contributed by atoms with Gasteiger partial charge in [-0.3, -0.25) is 9.69 Å². The second kappa shape index (κ2) is 7.41. The highest BCUT2D eigenvalue weighted by molar-refractivity contribution is 5.81. The van der Waals surface area contributed by atoms with Crippen molar-refractivity contribution >= 4 is 5.91 Å². The first kappa shape index (κ1) is 15.8. The molecule has 1 amide bonds. The third-order valence-corrected chi connectivity index (χ3v) is 5.08. The van der Waals surface area contributed by atoms with Crippen LogP contribution >= 0.6 is 0 Å². The number of nitrogens with one attached hydrogen (secondary N) is 1. The molecule has 0 saturated carbocycles. The van der Waals surface area contributed by atoms with Crippen molar-refractivity contribution in [1.82, 2.24) is 15.1 Å². The molecular weight excluding hydrogens is 250 g/mol. The number of rotatable bonds is 3. The van der Waals surface area contributed by atoms with Gasteiger partial charge in [0.1, 0.15) is 0 Å². The predicted molar refractivity (Wildman–Crippen MR) is 82.7 cm³/mol. The molecule has 0 bridgehead atoms. The van der Waals surface area contributed by atoms with Crippen molar-refractivity contribution in [1.29, 1.82) is 0 Å². The lowest BCUT2D eigenvalue weighted by molar-refractivity contribution is -0.136. The van der Waals surface area contributed by atoms with Crippen LogP contribution in [0.15, 0.2) is 0 Å². The second-order valence-corrected chi connectivity index (χ2v) is 6.72. The zero-order valence-corrected chi connectivity index (χ0v) is 13.4. The van der Waals surface area contributed by atoms with Gasteiger partial charge in [-0.2, -0.15) is 0 Å². The van der Waals surface area contributed by atoms with Crippen LogP contribution in [0.2, 0.25) is 0 Å². The predicted octanol–water partition coefficient (Wildman–Crippen LogP) is 1.56. The first-order chi connectivity index (χ1) is 9.59. The van der Waals surface area contributed by atoms with Gasteiger partial charge in [0.05, 0.1) is 6.04 Å². The molecule has 2 aliphatic heterocycles. The number of hydrogen-bond acceptors (Lipinski definition) is 3. The van der Waals surface area contributed by atoms with Crippen LogP contribution in [0, 0.1) is 11.8 Å². The Labute approximate surface area is 123 Å². The summed E-state index contributed by atoms with van der Waals surface area (Å²) in [5.74, 6) is 1.88. The van der Waals surface area contributed by atoms with Crippen molar-refractivity contribution in [2.75, 3.05) is 39.3 Å². The third kappa shape index (κ3) is 3.95. The van der Waals surface area contributed by atoms with Crippen LogP contribution in [0.4, 0.5) is 0 Å². The lowest BCUT2D eigenvalue weighted by Gasteiger charge is -2.35. The van der Waals surface area contributed by atoms with E-state index in [0.29, 0.717) is 5.91 Å². The van der Waals surface area contributed by atoms with E-state index in [4.69, 9.17) is 0 Å². The highest BCUT2D eigenvalue weighted by atomic mass is 16.2. The zero-order valence-electron chi connectivity index (χ0n) is 13.4. The van der Waals surface area contributed by atoms with Gasteiger partial charge in [-0.15, -0.1) is 0 Å². The van der Waals surface area contributed by atoms with E-state index in [9.17, 15) is 4.79 Å². The maximum absolute atomic E-state index is 12.7. The maximum Gasteiger partial charge on any atom is 0.239 e. The van der Waals surface area contributed by atoms with E-state index in [2.05, 4.69) is 35.9 Å². The topological polar surface area (TPSA) is 35.6 Å². The van der Waals surface area contributed by atoms with Gasteiger partial charge in [-0.1, -0.05) is 13.8 Å². The van der Waals surface area contributed by atoms with Gasteiger partial charge in [0.25, 0.3) is 0 Å². The van der Waals surface area contributed by atoms with Crippen LogP contribution in [-0.4, -0.2) is 61.0 Å². The van der Waals surface area contributed by atoms with Crippen LogP contribution in [-0.2, 0) is 4.79 Å². The lowest BCUT2D eigenvalue weighted by atomic mass is 9.89. The Morgan fingerprint density at radius 3 is 2.40 bits per heavy atom. The molecule has 4 nitrogen and oxygen atoms in total. The average Bonchev–Trinajstić information content (AvgIpc) is 2.72. The van der Waals surface area contributed by atoms with Gasteiger partial charge in [-0.05, 0) is 38.0 Å². The molecule has 2 saturated heterocycles. The summed E-state index contributed by atoms with van der Waals surface area (Å²) in [6, 6.07) is 0.0488. The van der Waals surface area contributed by atoms with E-state index >= 15 is 0 Å².